The van der Waals surface area contributed by atoms with Crippen LogP contribution < -0.4 is 5.32 Å². The number of carbonyl (C=O) groups is 2. The normalized spacial score (nSPS) is 10.9. The molecule has 0 bridgehead atoms. The lowest BCUT2D eigenvalue weighted by molar-refractivity contribution is -0.111. The second kappa shape index (κ2) is 6.22. The Morgan fingerprint density at radius 3 is 2.65 bits per heavy atom. The van der Waals surface area contributed by atoms with Crippen LogP contribution in [-0.2, 0) is 4.79 Å². The number of hydrogen-bond donors (Lipinski definition) is 2. The predicted octanol–water partition coefficient (Wildman–Crippen LogP) is 1.85. The SMILES string of the molecule is C/C=C/C=CC(=O)Nc1ccc(C(=O)O)nc1. The van der Waals surface area contributed by atoms with Crippen LogP contribution in [0.3, 0.4) is 0 Å². The van der Waals surface area contributed by atoms with Gasteiger partial charge in [0.25, 0.3) is 0 Å². The van der Waals surface area contributed by atoms with Crippen LogP contribution in [-0.4, -0.2) is 22.0 Å². The molecule has 0 aliphatic heterocycles. The summed E-state index contributed by atoms with van der Waals surface area (Å²) in [6.45, 7) is 1.84. The number of pyridine rings is 1. The average molecular weight is 232 g/mol. The number of aromatic carboxylic acids is 1. The molecule has 0 radical (unpaired) electrons. The van der Waals surface area contributed by atoms with Gasteiger partial charge in [-0.15, -0.1) is 0 Å². The first-order valence-corrected chi connectivity index (χ1v) is 4.93. The number of amides is 1. The van der Waals surface area contributed by atoms with E-state index in [0.717, 1.165) is 0 Å². The van der Waals surface area contributed by atoms with Crippen LogP contribution in [0.15, 0.2) is 42.6 Å². The number of nitrogens with one attached hydrogen (secondary N) is 1. The molecule has 1 aromatic heterocycles. The van der Waals surface area contributed by atoms with Crippen LogP contribution in [0, 0.1) is 0 Å². The number of anilines is 1. The number of nitrogens with zero attached hydrogens (tertiary/aromatic N) is 1. The maximum absolute atomic E-state index is 11.3. The van der Waals surface area contributed by atoms with Crippen molar-refractivity contribution in [2.45, 2.75) is 6.92 Å². The summed E-state index contributed by atoms with van der Waals surface area (Å²) in [6.07, 6.45) is 7.79. The maximum Gasteiger partial charge on any atom is 0.354 e. The monoisotopic (exact) mass is 232 g/mol. The van der Waals surface area contributed by atoms with Crippen LogP contribution >= 0.6 is 0 Å². The largest absolute Gasteiger partial charge is 0.477 e. The zero-order valence-corrected chi connectivity index (χ0v) is 9.25. The fourth-order valence-corrected chi connectivity index (χ4v) is 1.03. The van der Waals surface area contributed by atoms with Gasteiger partial charge in [-0.25, -0.2) is 9.78 Å². The van der Waals surface area contributed by atoms with Gasteiger partial charge in [-0.3, -0.25) is 4.79 Å². The molecule has 0 saturated carbocycles. The number of carbonyl (C=O) groups excluding carboxylic acids is 1. The second-order valence-electron chi connectivity index (χ2n) is 3.11. The van der Waals surface area contributed by atoms with Gasteiger partial charge in [-0.2, -0.15) is 0 Å². The number of carboxylic acid groups (broad SMARTS) is 1. The molecule has 0 aromatic carbocycles. The fraction of sp³-hybridized carbons (Fsp3) is 0.0833. The van der Waals surface area contributed by atoms with Gasteiger partial charge in [0.2, 0.25) is 5.91 Å². The molecule has 0 atom stereocenters. The highest BCUT2D eigenvalue weighted by Crippen LogP contribution is 2.06. The standard InChI is InChI=1S/C12H12N2O3/c1-2-3-4-5-11(15)14-9-6-7-10(12(16)17)13-8-9/h2-8H,1H3,(H,14,15)(H,16,17)/b3-2+,5-4?. The van der Waals surface area contributed by atoms with E-state index >= 15 is 0 Å². The summed E-state index contributed by atoms with van der Waals surface area (Å²) in [4.78, 5) is 25.5. The number of hydrogen-bond acceptors (Lipinski definition) is 3. The van der Waals surface area contributed by atoms with E-state index in [2.05, 4.69) is 10.3 Å². The molecular formula is C12H12N2O3. The first kappa shape index (κ1) is 12.6. The summed E-state index contributed by atoms with van der Waals surface area (Å²) in [5, 5.41) is 11.2. The first-order valence-electron chi connectivity index (χ1n) is 4.93. The van der Waals surface area contributed by atoms with Crippen LogP contribution in [0.5, 0.6) is 0 Å². The molecule has 2 N–H and O–H groups in total. The summed E-state index contributed by atoms with van der Waals surface area (Å²) in [5.41, 5.74) is 0.387. The van der Waals surface area contributed by atoms with Crippen molar-refractivity contribution in [3.8, 4) is 0 Å². The lowest BCUT2D eigenvalue weighted by atomic mass is 10.3. The van der Waals surface area contributed by atoms with Gasteiger partial charge in [0, 0.05) is 6.08 Å². The van der Waals surface area contributed by atoms with Gasteiger partial charge in [0.1, 0.15) is 5.69 Å². The number of allylic oxidation sites excluding steroid dienone is 3. The third-order valence-corrected chi connectivity index (χ3v) is 1.80. The minimum absolute atomic E-state index is 0.0625. The zero-order chi connectivity index (χ0) is 12.7. The predicted molar refractivity (Wildman–Crippen MR) is 63.8 cm³/mol. The van der Waals surface area contributed by atoms with Gasteiger partial charge in [-0.1, -0.05) is 18.2 Å². The Kier molecular flexibility index (Phi) is 4.62. The van der Waals surface area contributed by atoms with Crippen molar-refractivity contribution in [2.75, 3.05) is 5.32 Å². The molecule has 1 rings (SSSR count). The van der Waals surface area contributed by atoms with Crippen molar-refractivity contribution >= 4 is 17.6 Å². The van der Waals surface area contributed by atoms with Gasteiger partial charge in [-0.05, 0) is 19.1 Å². The Labute approximate surface area is 98.5 Å². The Balaban J connectivity index is 2.63. The van der Waals surface area contributed by atoms with Gasteiger partial charge >= 0.3 is 5.97 Å². The second-order valence-corrected chi connectivity index (χ2v) is 3.11. The molecule has 1 heterocycles. The van der Waals surface area contributed by atoms with E-state index in [1.165, 1.54) is 24.4 Å². The highest BCUT2D eigenvalue weighted by molar-refractivity contribution is 5.99. The van der Waals surface area contributed by atoms with Crippen molar-refractivity contribution in [3.05, 3.63) is 48.3 Å². The van der Waals surface area contributed by atoms with E-state index in [-0.39, 0.29) is 11.6 Å². The van der Waals surface area contributed by atoms with Crippen molar-refractivity contribution in [1.82, 2.24) is 4.98 Å². The van der Waals surface area contributed by atoms with Gasteiger partial charge < -0.3 is 10.4 Å². The van der Waals surface area contributed by atoms with Gasteiger partial charge in [0.05, 0.1) is 11.9 Å². The third-order valence-electron chi connectivity index (χ3n) is 1.80. The van der Waals surface area contributed by atoms with Crippen molar-refractivity contribution in [1.29, 1.82) is 0 Å². The summed E-state index contributed by atoms with van der Waals surface area (Å²) in [5.74, 6) is -1.40. The topological polar surface area (TPSA) is 79.3 Å². The Bertz CT molecular complexity index is 461. The summed E-state index contributed by atoms with van der Waals surface area (Å²) < 4.78 is 0. The van der Waals surface area contributed by atoms with Crippen molar-refractivity contribution < 1.29 is 14.7 Å². The maximum atomic E-state index is 11.3. The number of aromatic nitrogens is 1. The molecule has 0 fully saturated rings. The highest BCUT2D eigenvalue weighted by atomic mass is 16.4. The average Bonchev–Trinajstić information content (AvgIpc) is 2.30. The molecule has 5 nitrogen and oxygen atoms in total. The van der Waals surface area contributed by atoms with E-state index in [1.807, 2.05) is 6.92 Å². The lowest BCUT2D eigenvalue weighted by Gasteiger charge is -2.01. The smallest absolute Gasteiger partial charge is 0.354 e. The van der Waals surface area contributed by atoms with Crippen LogP contribution in [0.25, 0.3) is 0 Å². The Morgan fingerprint density at radius 2 is 2.12 bits per heavy atom. The quantitative estimate of drug-likeness (QED) is 0.613. The molecular weight excluding hydrogens is 220 g/mol. The molecule has 0 aliphatic rings. The molecule has 0 saturated heterocycles. The van der Waals surface area contributed by atoms with Crippen molar-refractivity contribution in [2.24, 2.45) is 0 Å². The zero-order valence-electron chi connectivity index (χ0n) is 9.25. The van der Waals surface area contributed by atoms with Gasteiger partial charge in [0.15, 0.2) is 0 Å². The highest BCUT2D eigenvalue weighted by Gasteiger charge is 2.04. The molecule has 0 unspecified atom stereocenters. The molecule has 5 heteroatoms. The van der Waals surface area contributed by atoms with Crippen molar-refractivity contribution in [3.63, 3.8) is 0 Å². The minimum atomic E-state index is -1.10. The molecule has 1 aromatic rings. The number of rotatable bonds is 4. The molecule has 0 aliphatic carbocycles. The molecule has 0 spiro atoms. The van der Waals surface area contributed by atoms with Crippen LogP contribution in [0.4, 0.5) is 5.69 Å². The molecule has 88 valence electrons. The summed E-state index contributed by atoms with van der Waals surface area (Å²) in [7, 11) is 0. The fourth-order valence-electron chi connectivity index (χ4n) is 1.03. The number of carboxylic acids is 1. The molecule has 1 amide bonds. The summed E-state index contributed by atoms with van der Waals surface area (Å²) >= 11 is 0. The summed E-state index contributed by atoms with van der Waals surface area (Å²) in [6, 6.07) is 2.81. The Hall–Kier alpha value is -2.43. The van der Waals surface area contributed by atoms with Crippen LogP contribution in [0.2, 0.25) is 0 Å². The third kappa shape index (κ3) is 4.29. The Morgan fingerprint density at radius 1 is 1.35 bits per heavy atom. The van der Waals surface area contributed by atoms with E-state index < -0.39 is 5.97 Å². The lowest BCUT2D eigenvalue weighted by Crippen LogP contribution is -2.08. The van der Waals surface area contributed by atoms with E-state index in [1.54, 1.807) is 18.2 Å². The van der Waals surface area contributed by atoms with E-state index in [9.17, 15) is 9.59 Å². The van der Waals surface area contributed by atoms with E-state index in [0.29, 0.717) is 5.69 Å². The minimum Gasteiger partial charge on any atom is -0.477 e. The van der Waals surface area contributed by atoms with Crippen LogP contribution in [0.1, 0.15) is 17.4 Å². The van der Waals surface area contributed by atoms with E-state index in [4.69, 9.17) is 5.11 Å². The first-order chi connectivity index (χ1) is 8.13. The molecule has 17 heavy (non-hydrogen) atoms.